The zero-order chi connectivity index (χ0) is 21.4. The van der Waals surface area contributed by atoms with Gasteiger partial charge >= 0.3 is 0 Å². The van der Waals surface area contributed by atoms with Crippen molar-refractivity contribution in [3.8, 4) is 28.4 Å². The Kier molecular flexibility index (Phi) is 5.34. The number of benzene rings is 1. The number of pyridine rings is 2. The first-order chi connectivity index (χ1) is 15.1. The van der Waals surface area contributed by atoms with Crippen molar-refractivity contribution in [2.24, 2.45) is 0 Å². The fourth-order valence-corrected chi connectivity index (χ4v) is 4.34. The number of fused-ring (bicyclic) bond motifs is 3. The highest BCUT2D eigenvalue weighted by atomic mass is 16.6. The summed E-state index contributed by atoms with van der Waals surface area (Å²) in [6, 6.07) is 12.1. The molecule has 0 aliphatic carbocycles. The average molecular weight is 418 g/mol. The normalized spacial score (nSPS) is 17.7. The van der Waals surface area contributed by atoms with Crippen LogP contribution < -0.4 is 10.2 Å². The molecule has 0 saturated carbocycles. The van der Waals surface area contributed by atoms with Gasteiger partial charge in [0.2, 0.25) is 0 Å². The molecule has 4 heterocycles. The van der Waals surface area contributed by atoms with Crippen LogP contribution in [0.1, 0.15) is 16.7 Å². The summed E-state index contributed by atoms with van der Waals surface area (Å²) < 4.78 is 19.3. The van der Waals surface area contributed by atoms with Gasteiger partial charge in [-0.15, -0.1) is 0 Å². The monoisotopic (exact) mass is 418 g/mol. The number of aryl methyl sites for hydroxylation is 2. The van der Waals surface area contributed by atoms with Gasteiger partial charge in [0, 0.05) is 35.5 Å². The smallest absolute Gasteiger partial charge is 0.197 e. The molecule has 0 radical (unpaired) electrons. The van der Waals surface area contributed by atoms with Gasteiger partial charge in [-0.3, -0.25) is 9.78 Å². The summed E-state index contributed by atoms with van der Waals surface area (Å²) in [4.78, 5) is 17.3. The lowest BCUT2D eigenvalue weighted by Crippen LogP contribution is -2.34. The average Bonchev–Trinajstić information content (AvgIpc) is 2.80. The lowest BCUT2D eigenvalue weighted by Gasteiger charge is -2.28. The van der Waals surface area contributed by atoms with Gasteiger partial charge in [0.1, 0.15) is 12.7 Å². The van der Waals surface area contributed by atoms with Gasteiger partial charge in [0.25, 0.3) is 0 Å². The van der Waals surface area contributed by atoms with Crippen molar-refractivity contribution >= 4 is 0 Å². The lowest BCUT2D eigenvalue weighted by molar-refractivity contribution is -0.102. The highest BCUT2D eigenvalue weighted by Crippen LogP contribution is 2.36. The summed E-state index contributed by atoms with van der Waals surface area (Å²) in [6.07, 6.45) is 2.60. The third-order valence-corrected chi connectivity index (χ3v) is 5.99. The van der Waals surface area contributed by atoms with Crippen molar-refractivity contribution in [1.29, 1.82) is 0 Å². The summed E-state index contributed by atoms with van der Waals surface area (Å²) in [7, 11) is 0. The zero-order valence-electron chi connectivity index (χ0n) is 17.9. The van der Waals surface area contributed by atoms with Crippen LogP contribution in [0.2, 0.25) is 0 Å². The molecule has 1 saturated heterocycles. The van der Waals surface area contributed by atoms with Crippen LogP contribution in [0.4, 0.5) is 0 Å². The lowest BCUT2D eigenvalue weighted by atomic mass is 9.92. The highest BCUT2D eigenvalue weighted by Gasteiger charge is 2.24. The van der Waals surface area contributed by atoms with Crippen molar-refractivity contribution in [3.63, 3.8) is 0 Å². The van der Waals surface area contributed by atoms with E-state index in [0.717, 1.165) is 41.0 Å². The van der Waals surface area contributed by atoms with E-state index in [1.807, 2.05) is 19.2 Å². The fraction of sp³-hybridized carbons (Fsp3) is 0.360. The fourth-order valence-electron chi connectivity index (χ4n) is 4.34. The first-order valence-electron chi connectivity index (χ1n) is 10.7. The molecule has 1 atom stereocenters. The third-order valence-electron chi connectivity index (χ3n) is 5.99. The first kappa shape index (κ1) is 20.0. The van der Waals surface area contributed by atoms with Crippen LogP contribution in [-0.2, 0) is 22.4 Å². The maximum Gasteiger partial charge on any atom is 0.197 e. The molecule has 2 aliphatic heterocycles. The molecule has 1 aromatic carbocycles. The molecule has 6 heteroatoms. The number of hydrogen-bond donors (Lipinski definition) is 0. The molecule has 0 amide bonds. The third kappa shape index (κ3) is 3.89. The number of nitrogens with zero attached hydrogens (tertiary/aromatic N) is 2. The van der Waals surface area contributed by atoms with Crippen LogP contribution in [0, 0.1) is 13.8 Å². The Labute approximate surface area is 181 Å². The van der Waals surface area contributed by atoms with Gasteiger partial charge in [-0.05, 0) is 49.6 Å². The molecule has 0 bridgehead atoms. The second-order valence-electron chi connectivity index (χ2n) is 8.19. The Hall–Kier alpha value is -2.96. The molecular formula is C25H26N2O4. The van der Waals surface area contributed by atoms with E-state index < -0.39 is 0 Å². The zero-order valence-corrected chi connectivity index (χ0v) is 17.9. The van der Waals surface area contributed by atoms with E-state index in [-0.39, 0.29) is 11.5 Å². The van der Waals surface area contributed by atoms with Crippen LogP contribution in [0.15, 0.2) is 47.4 Å². The molecule has 6 nitrogen and oxygen atoms in total. The number of hydrogen-bond acceptors (Lipinski definition) is 5. The molecule has 0 N–H and O–H groups in total. The van der Waals surface area contributed by atoms with Gasteiger partial charge in [0.05, 0.1) is 31.2 Å². The minimum absolute atomic E-state index is 0.0145. The van der Waals surface area contributed by atoms with E-state index >= 15 is 0 Å². The van der Waals surface area contributed by atoms with Crippen molar-refractivity contribution < 1.29 is 14.2 Å². The topological polar surface area (TPSA) is 62.6 Å². The predicted molar refractivity (Wildman–Crippen MR) is 119 cm³/mol. The molecule has 160 valence electrons. The van der Waals surface area contributed by atoms with Crippen molar-refractivity contribution in [1.82, 2.24) is 9.55 Å². The Morgan fingerprint density at radius 2 is 2.06 bits per heavy atom. The van der Waals surface area contributed by atoms with Crippen molar-refractivity contribution in [2.75, 3.05) is 26.4 Å². The van der Waals surface area contributed by atoms with Crippen LogP contribution >= 0.6 is 0 Å². The molecule has 1 fully saturated rings. The van der Waals surface area contributed by atoms with Crippen LogP contribution in [-0.4, -0.2) is 42.1 Å². The number of ether oxygens (including phenoxy) is 3. The van der Waals surface area contributed by atoms with Crippen molar-refractivity contribution in [2.45, 2.75) is 32.9 Å². The Morgan fingerprint density at radius 1 is 1.16 bits per heavy atom. The van der Waals surface area contributed by atoms with Gasteiger partial charge in [-0.2, -0.15) is 0 Å². The minimum atomic E-state index is -0.110. The maximum atomic E-state index is 12.7. The molecule has 0 unspecified atom stereocenters. The van der Waals surface area contributed by atoms with E-state index in [4.69, 9.17) is 14.2 Å². The molecule has 2 aliphatic rings. The van der Waals surface area contributed by atoms with Crippen LogP contribution in [0.3, 0.4) is 0 Å². The highest BCUT2D eigenvalue weighted by molar-refractivity contribution is 5.74. The largest absolute Gasteiger partial charge is 0.476 e. The Bertz CT molecular complexity index is 1180. The van der Waals surface area contributed by atoms with E-state index in [1.54, 1.807) is 6.07 Å². The van der Waals surface area contributed by atoms with E-state index in [0.29, 0.717) is 32.3 Å². The standard InChI is InChI=1S/C25H26N2O4/c1-16-5-7-26-22(11-16)19-3-4-21-18(12-19)6-8-27-24(13-23(28)17(2)25(21)27)31-15-20-14-29-9-10-30-20/h3-5,7,11-13,20H,6,8-10,14-15H2,1-2H3/t20-/m0/s1. The van der Waals surface area contributed by atoms with E-state index in [9.17, 15) is 4.79 Å². The number of aromatic nitrogens is 2. The summed E-state index contributed by atoms with van der Waals surface area (Å²) in [6.45, 7) is 6.79. The molecule has 31 heavy (non-hydrogen) atoms. The second kappa shape index (κ2) is 8.29. The SMILES string of the molecule is Cc1ccnc(-c2ccc3c(c2)CCn2c(OC[C@@H]4COCCO4)cc(=O)c(C)c2-3)c1. The second-order valence-corrected chi connectivity index (χ2v) is 8.19. The van der Waals surface area contributed by atoms with Crippen molar-refractivity contribution in [3.05, 3.63) is 69.5 Å². The Morgan fingerprint density at radius 3 is 2.87 bits per heavy atom. The van der Waals surface area contributed by atoms with E-state index in [1.165, 1.54) is 11.1 Å². The van der Waals surface area contributed by atoms with E-state index in [2.05, 4.69) is 40.7 Å². The molecule has 5 rings (SSSR count). The molecule has 2 aromatic heterocycles. The summed E-state index contributed by atoms with van der Waals surface area (Å²) in [5.41, 5.74) is 7.22. The van der Waals surface area contributed by atoms with Crippen LogP contribution in [0.25, 0.3) is 22.5 Å². The predicted octanol–water partition coefficient (Wildman–Crippen LogP) is 3.54. The van der Waals surface area contributed by atoms with Gasteiger partial charge in [-0.25, -0.2) is 0 Å². The maximum absolute atomic E-state index is 12.7. The van der Waals surface area contributed by atoms with Gasteiger partial charge in [-0.1, -0.05) is 12.1 Å². The Balaban J connectivity index is 1.51. The molecule has 0 spiro atoms. The number of rotatable bonds is 4. The minimum Gasteiger partial charge on any atom is -0.476 e. The molecule has 3 aromatic rings. The van der Waals surface area contributed by atoms with Crippen LogP contribution in [0.5, 0.6) is 5.88 Å². The summed E-state index contributed by atoms with van der Waals surface area (Å²) in [5.74, 6) is 0.592. The molecular weight excluding hydrogens is 392 g/mol. The van der Waals surface area contributed by atoms with Gasteiger partial charge < -0.3 is 18.8 Å². The summed E-state index contributed by atoms with van der Waals surface area (Å²) >= 11 is 0. The van der Waals surface area contributed by atoms with Gasteiger partial charge in [0.15, 0.2) is 11.3 Å². The first-order valence-corrected chi connectivity index (χ1v) is 10.7. The summed E-state index contributed by atoms with van der Waals surface area (Å²) in [5, 5.41) is 0. The quantitative estimate of drug-likeness (QED) is 0.649.